The number of nitrogens with zero attached hydrogens (tertiary/aromatic N) is 1. The van der Waals surface area contributed by atoms with Crippen LogP contribution in [0.25, 0.3) is 0 Å². The SMILES string of the molecule is CC(C)Oc1ccc(Cl)cc1/C(N)=N/O. The van der Waals surface area contributed by atoms with Gasteiger partial charge in [-0.15, -0.1) is 0 Å². The van der Waals surface area contributed by atoms with Gasteiger partial charge < -0.3 is 15.7 Å². The molecule has 5 heteroatoms. The molecule has 1 aromatic carbocycles. The van der Waals surface area contributed by atoms with E-state index in [1.54, 1.807) is 18.2 Å². The summed E-state index contributed by atoms with van der Waals surface area (Å²) in [7, 11) is 0. The molecule has 0 atom stereocenters. The van der Waals surface area contributed by atoms with Gasteiger partial charge in [-0.05, 0) is 32.0 Å². The Bertz CT molecular complexity index is 378. The third-order valence-corrected chi connectivity index (χ3v) is 1.92. The van der Waals surface area contributed by atoms with Gasteiger partial charge in [0.25, 0.3) is 0 Å². The van der Waals surface area contributed by atoms with Crippen LogP contribution >= 0.6 is 11.6 Å². The quantitative estimate of drug-likeness (QED) is 0.361. The number of rotatable bonds is 3. The van der Waals surface area contributed by atoms with Crippen molar-refractivity contribution in [3.05, 3.63) is 28.8 Å². The maximum Gasteiger partial charge on any atom is 0.173 e. The van der Waals surface area contributed by atoms with E-state index in [2.05, 4.69) is 5.16 Å². The van der Waals surface area contributed by atoms with Crippen LogP contribution in [0.3, 0.4) is 0 Å². The van der Waals surface area contributed by atoms with Gasteiger partial charge in [-0.1, -0.05) is 16.8 Å². The number of oxime groups is 1. The third-order valence-electron chi connectivity index (χ3n) is 1.69. The summed E-state index contributed by atoms with van der Waals surface area (Å²) in [6, 6.07) is 4.97. The molecule has 15 heavy (non-hydrogen) atoms. The molecule has 0 spiro atoms. The van der Waals surface area contributed by atoms with Crippen LogP contribution in [0, 0.1) is 0 Å². The molecule has 0 unspecified atom stereocenters. The molecule has 0 aliphatic heterocycles. The van der Waals surface area contributed by atoms with Gasteiger partial charge in [-0.25, -0.2) is 0 Å². The van der Waals surface area contributed by atoms with Gasteiger partial charge >= 0.3 is 0 Å². The number of amidine groups is 1. The minimum absolute atomic E-state index is 0.0106. The number of halogens is 1. The molecule has 0 aromatic heterocycles. The Kier molecular flexibility index (Phi) is 3.80. The summed E-state index contributed by atoms with van der Waals surface area (Å²) >= 11 is 5.81. The predicted octanol–water partition coefficient (Wildman–Crippen LogP) is 2.22. The Balaban J connectivity index is 3.14. The number of hydrogen-bond donors (Lipinski definition) is 2. The first kappa shape index (κ1) is 11.7. The van der Waals surface area contributed by atoms with E-state index in [-0.39, 0.29) is 11.9 Å². The van der Waals surface area contributed by atoms with Crippen LogP contribution in [0.15, 0.2) is 23.4 Å². The molecule has 0 heterocycles. The average Bonchev–Trinajstić information content (AvgIpc) is 2.19. The normalized spacial score (nSPS) is 11.9. The highest BCUT2D eigenvalue weighted by atomic mass is 35.5. The molecule has 1 rings (SSSR count). The molecule has 1 aromatic rings. The number of hydrogen-bond acceptors (Lipinski definition) is 3. The summed E-state index contributed by atoms with van der Waals surface area (Å²) in [5.41, 5.74) is 5.99. The highest BCUT2D eigenvalue weighted by Crippen LogP contribution is 2.23. The van der Waals surface area contributed by atoms with Gasteiger partial charge in [-0.2, -0.15) is 0 Å². The summed E-state index contributed by atoms with van der Waals surface area (Å²) in [6.07, 6.45) is 0.0106. The first-order chi connectivity index (χ1) is 7.04. The fourth-order valence-electron chi connectivity index (χ4n) is 1.11. The summed E-state index contributed by atoms with van der Waals surface area (Å²) in [5, 5.41) is 12.0. The van der Waals surface area contributed by atoms with Crippen LogP contribution in [-0.2, 0) is 0 Å². The van der Waals surface area contributed by atoms with Gasteiger partial charge in [0.15, 0.2) is 5.84 Å². The van der Waals surface area contributed by atoms with Crippen molar-refractivity contribution in [1.29, 1.82) is 0 Å². The Morgan fingerprint density at radius 3 is 2.73 bits per heavy atom. The first-order valence-electron chi connectivity index (χ1n) is 4.48. The largest absolute Gasteiger partial charge is 0.490 e. The molecule has 82 valence electrons. The van der Waals surface area contributed by atoms with Crippen molar-refractivity contribution in [2.75, 3.05) is 0 Å². The minimum Gasteiger partial charge on any atom is -0.490 e. The van der Waals surface area contributed by atoms with E-state index in [1.807, 2.05) is 13.8 Å². The van der Waals surface area contributed by atoms with Crippen LogP contribution in [0.2, 0.25) is 5.02 Å². The third kappa shape index (κ3) is 3.02. The van der Waals surface area contributed by atoms with Gasteiger partial charge in [-0.3, -0.25) is 0 Å². The van der Waals surface area contributed by atoms with E-state index in [4.69, 9.17) is 27.3 Å². The summed E-state index contributed by atoms with van der Waals surface area (Å²) in [5.74, 6) is 0.526. The Morgan fingerprint density at radius 1 is 1.53 bits per heavy atom. The van der Waals surface area contributed by atoms with E-state index in [1.165, 1.54) is 0 Å². The second-order valence-electron chi connectivity index (χ2n) is 3.29. The zero-order valence-electron chi connectivity index (χ0n) is 8.57. The highest BCUT2D eigenvalue weighted by Gasteiger charge is 2.10. The standard InChI is InChI=1S/C10H13ClN2O2/c1-6(2)15-9-4-3-7(11)5-8(9)10(12)13-14/h3-6,14H,1-2H3,(H2,12,13). The fourth-order valence-corrected chi connectivity index (χ4v) is 1.29. The van der Waals surface area contributed by atoms with E-state index < -0.39 is 0 Å². The molecule has 0 radical (unpaired) electrons. The summed E-state index contributed by atoms with van der Waals surface area (Å²) in [4.78, 5) is 0. The van der Waals surface area contributed by atoms with Crippen molar-refractivity contribution in [2.24, 2.45) is 10.9 Å². The molecular weight excluding hydrogens is 216 g/mol. The zero-order valence-corrected chi connectivity index (χ0v) is 9.32. The topological polar surface area (TPSA) is 67.8 Å². The van der Waals surface area contributed by atoms with Crippen LogP contribution < -0.4 is 10.5 Å². The van der Waals surface area contributed by atoms with Crippen LogP contribution in [-0.4, -0.2) is 17.1 Å². The predicted molar refractivity (Wildman–Crippen MR) is 59.7 cm³/mol. The van der Waals surface area contributed by atoms with Crippen LogP contribution in [0.4, 0.5) is 0 Å². The van der Waals surface area contributed by atoms with Crippen LogP contribution in [0.1, 0.15) is 19.4 Å². The van der Waals surface area contributed by atoms with Gasteiger partial charge in [0.1, 0.15) is 5.75 Å². The summed E-state index contributed by atoms with van der Waals surface area (Å²) in [6.45, 7) is 3.79. The molecule has 0 saturated heterocycles. The van der Waals surface area contributed by atoms with Crippen molar-refractivity contribution in [1.82, 2.24) is 0 Å². The fraction of sp³-hybridized carbons (Fsp3) is 0.300. The molecule has 0 bridgehead atoms. The molecule has 3 N–H and O–H groups in total. The molecule has 0 saturated carbocycles. The number of nitrogens with two attached hydrogens (primary N) is 1. The van der Waals surface area contributed by atoms with Gasteiger partial charge in [0.2, 0.25) is 0 Å². The lowest BCUT2D eigenvalue weighted by atomic mass is 10.2. The van der Waals surface area contributed by atoms with Gasteiger partial charge in [0, 0.05) is 5.02 Å². The lowest BCUT2D eigenvalue weighted by Crippen LogP contribution is -2.16. The number of benzene rings is 1. The maximum absolute atomic E-state index is 8.60. The number of ether oxygens (including phenoxy) is 1. The second kappa shape index (κ2) is 4.89. The lowest BCUT2D eigenvalue weighted by molar-refractivity contribution is 0.241. The van der Waals surface area contributed by atoms with E-state index in [0.717, 1.165) is 0 Å². The summed E-state index contributed by atoms with van der Waals surface area (Å²) < 4.78 is 5.49. The molecule has 0 aliphatic carbocycles. The highest BCUT2D eigenvalue weighted by molar-refractivity contribution is 6.31. The van der Waals surface area contributed by atoms with E-state index in [9.17, 15) is 0 Å². The van der Waals surface area contributed by atoms with E-state index >= 15 is 0 Å². The smallest absolute Gasteiger partial charge is 0.173 e. The molecule has 0 fully saturated rings. The van der Waals surface area contributed by atoms with E-state index in [0.29, 0.717) is 16.3 Å². The van der Waals surface area contributed by atoms with Crippen molar-refractivity contribution in [3.63, 3.8) is 0 Å². The zero-order chi connectivity index (χ0) is 11.4. The minimum atomic E-state index is -0.0202. The molecule has 4 nitrogen and oxygen atoms in total. The van der Waals surface area contributed by atoms with Crippen molar-refractivity contribution in [2.45, 2.75) is 20.0 Å². The van der Waals surface area contributed by atoms with Gasteiger partial charge in [0.05, 0.1) is 11.7 Å². The Hall–Kier alpha value is -1.42. The van der Waals surface area contributed by atoms with Crippen molar-refractivity contribution < 1.29 is 9.94 Å². The Labute approximate surface area is 93.3 Å². The van der Waals surface area contributed by atoms with Crippen molar-refractivity contribution >= 4 is 17.4 Å². The maximum atomic E-state index is 8.60. The second-order valence-corrected chi connectivity index (χ2v) is 3.73. The average molecular weight is 229 g/mol. The monoisotopic (exact) mass is 228 g/mol. The lowest BCUT2D eigenvalue weighted by Gasteiger charge is -2.13. The Morgan fingerprint density at radius 2 is 2.20 bits per heavy atom. The molecular formula is C10H13ClN2O2. The molecule has 0 aliphatic rings. The first-order valence-corrected chi connectivity index (χ1v) is 4.86. The molecule has 0 amide bonds. The van der Waals surface area contributed by atoms with Crippen molar-refractivity contribution in [3.8, 4) is 5.75 Å². The van der Waals surface area contributed by atoms with Crippen LogP contribution in [0.5, 0.6) is 5.75 Å².